The Morgan fingerprint density at radius 1 is 1.25 bits per heavy atom. The van der Waals surface area contributed by atoms with Crippen molar-refractivity contribution in [2.75, 3.05) is 13.6 Å². The Morgan fingerprint density at radius 2 is 2.00 bits per heavy atom. The minimum absolute atomic E-state index is 0.0439. The van der Waals surface area contributed by atoms with E-state index < -0.39 is 0 Å². The van der Waals surface area contributed by atoms with Crippen LogP contribution >= 0.6 is 0 Å². The van der Waals surface area contributed by atoms with Gasteiger partial charge in [0.15, 0.2) is 0 Å². The number of halogens is 1. The lowest BCUT2D eigenvalue weighted by Crippen LogP contribution is -2.23. The second-order valence-corrected chi connectivity index (χ2v) is 4.80. The van der Waals surface area contributed by atoms with Gasteiger partial charge in [0.2, 0.25) is 0 Å². The maximum absolute atomic E-state index is 13.5. The lowest BCUT2D eigenvalue weighted by Gasteiger charge is -2.19. The van der Waals surface area contributed by atoms with E-state index in [1.807, 2.05) is 19.2 Å². The first kappa shape index (κ1) is 11.6. The van der Waals surface area contributed by atoms with E-state index in [4.69, 9.17) is 0 Å². The Balaban J connectivity index is 2.01. The first-order chi connectivity index (χ1) is 7.81. The Labute approximate surface area is 97.1 Å². The minimum atomic E-state index is -0.0439. The van der Waals surface area contributed by atoms with E-state index in [0.717, 1.165) is 24.4 Å². The van der Waals surface area contributed by atoms with Crippen LogP contribution in [0, 0.1) is 17.7 Å². The predicted octanol–water partition coefficient (Wildman–Crippen LogP) is 3.00. The predicted molar refractivity (Wildman–Crippen MR) is 64.9 cm³/mol. The maximum Gasteiger partial charge on any atom is 0.126 e. The standard InChI is InChI=1S/C14H20FN/c1-16-10-13-7-4-6-11(13)9-12-5-2-3-8-14(12)15/h2-3,5,8,11,13,16H,4,6-7,9-10H2,1H3. The topological polar surface area (TPSA) is 12.0 Å². The van der Waals surface area contributed by atoms with E-state index in [1.165, 1.54) is 19.3 Å². The number of hydrogen-bond donors (Lipinski definition) is 1. The minimum Gasteiger partial charge on any atom is -0.319 e. The van der Waals surface area contributed by atoms with E-state index in [0.29, 0.717) is 5.92 Å². The van der Waals surface area contributed by atoms with Crippen LogP contribution in [0.15, 0.2) is 24.3 Å². The highest BCUT2D eigenvalue weighted by Gasteiger charge is 2.27. The van der Waals surface area contributed by atoms with Gasteiger partial charge in [-0.05, 0) is 56.3 Å². The lowest BCUT2D eigenvalue weighted by atomic mass is 9.89. The van der Waals surface area contributed by atoms with Crippen LogP contribution in [0.25, 0.3) is 0 Å². The molecule has 0 spiro atoms. The van der Waals surface area contributed by atoms with Crippen molar-refractivity contribution < 1.29 is 4.39 Å². The Hall–Kier alpha value is -0.890. The molecule has 0 radical (unpaired) electrons. The average molecular weight is 221 g/mol. The molecule has 0 bridgehead atoms. The Kier molecular flexibility index (Phi) is 3.94. The zero-order valence-electron chi connectivity index (χ0n) is 9.88. The van der Waals surface area contributed by atoms with Crippen LogP contribution in [0.1, 0.15) is 24.8 Å². The molecule has 1 saturated carbocycles. The number of nitrogens with one attached hydrogen (secondary N) is 1. The normalized spacial score (nSPS) is 24.9. The molecule has 0 amide bonds. The molecule has 0 aromatic heterocycles. The van der Waals surface area contributed by atoms with Gasteiger partial charge in [0, 0.05) is 0 Å². The first-order valence-electron chi connectivity index (χ1n) is 6.19. The third-order valence-electron chi connectivity index (χ3n) is 3.72. The molecule has 0 aliphatic heterocycles. The van der Waals surface area contributed by atoms with E-state index in [2.05, 4.69) is 5.32 Å². The van der Waals surface area contributed by atoms with Crippen molar-refractivity contribution in [3.8, 4) is 0 Å². The zero-order chi connectivity index (χ0) is 11.4. The van der Waals surface area contributed by atoms with Gasteiger partial charge < -0.3 is 5.32 Å². The summed E-state index contributed by atoms with van der Waals surface area (Å²) in [5, 5.41) is 3.25. The molecule has 1 aromatic rings. The molecule has 1 N–H and O–H groups in total. The fraction of sp³-hybridized carbons (Fsp3) is 0.571. The number of benzene rings is 1. The number of hydrogen-bond acceptors (Lipinski definition) is 1. The summed E-state index contributed by atoms with van der Waals surface area (Å²) >= 11 is 0. The van der Waals surface area contributed by atoms with Crippen LogP contribution in [0.2, 0.25) is 0 Å². The molecule has 1 aliphatic carbocycles. The van der Waals surface area contributed by atoms with Gasteiger partial charge in [0.05, 0.1) is 0 Å². The molecule has 2 unspecified atom stereocenters. The van der Waals surface area contributed by atoms with Gasteiger partial charge in [-0.1, -0.05) is 24.6 Å². The molecule has 1 aromatic carbocycles. The van der Waals surface area contributed by atoms with Crippen LogP contribution in [0.4, 0.5) is 4.39 Å². The molecule has 1 nitrogen and oxygen atoms in total. The lowest BCUT2D eigenvalue weighted by molar-refractivity contribution is 0.370. The zero-order valence-corrected chi connectivity index (χ0v) is 9.88. The summed E-state index contributed by atoms with van der Waals surface area (Å²) < 4.78 is 13.5. The van der Waals surface area contributed by atoms with E-state index in [-0.39, 0.29) is 5.82 Å². The second kappa shape index (κ2) is 5.44. The van der Waals surface area contributed by atoms with E-state index >= 15 is 0 Å². The van der Waals surface area contributed by atoms with Crippen LogP contribution in [0.3, 0.4) is 0 Å². The summed E-state index contributed by atoms with van der Waals surface area (Å²) in [6.07, 6.45) is 4.74. The van der Waals surface area contributed by atoms with E-state index in [9.17, 15) is 4.39 Å². The average Bonchev–Trinajstić information content (AvgIpc) is 2.70. The molecule has 1 aliphatic rings. The fourth-order valence-electron chi connectivity index (χ4n) is 2.86. The largest absolute Gasteiger partial charge is 0.319 e. The molecule has 1 fully saturated rings. The van der Waals surface area contributed by atoms with Crippen molar-refractivity contribution in [2.45, 2.75) is 25.7 Å². The molecule has 2 atom stereocenters. The Bertz CT molecular complexity index is 337. The molecule has 0 saturated heterocycles. The van der Waals surface area contributed by atoms with Crippen molar-refractivity contribution in [3.05, 3.63) is 35.6 Å². The summed E-state index contributed by atoms with van der Waals surface area (Å²) in [5.74, 6) is 1.34. The van der Waals surface area contributed by atoms with Crippen molar-refractivity contribution in [2.24, 2.45) is 11.8 Å². The SMILES string of the molecule is CNCC1CCCC1Cc1ccccc1F. The third kappa shape index (κ3) is 2.62. The first-order valence-corrected chi connectivity index (χ1v) is 6.19. The van der Waals surface area contributed by atoms with Gasteiger partial charge in [-0.25, -0.2) is 4.39 Å². The van der Waals surface area contributed by atoms with Crippen molar-refractivity contribution >= 4 is 0 Å². The summed E-state index contributed by atoms with van der Waals surface area (Å²) in [4.78, 5) is 0. The van der Waals surface area contributed by atoms with Gasteiger partial charge in [0.1, 0.15) is 5.82 Å². The van der Waals surface area contributed by atoms with E-state index in [1.54, 1.807) is 12.1 Å². The van der Waals surface area contributed by atoms with Crippen LogP contribution < -0.4 is 5.32 Å². The molecular weight excluding hydrogens is 201 g/mol. The fourth-order valence-corrected chi connectivity index (χ4v) is 2.86. The second-order valence-electron chi connectivity index (χ2n) is 4.80. The van der Waals surface area contributed by atoms with Gasteiger partial charge >= 0.3 is 0 Å². The highest BCUT2D eigenvalue weighted by molar-refractivity contribution is 5.18. The van der Waals surface area contributed by atoms with Crippen molar-refractivity contribution in [3.63, 3.8) is 0 Å². The Morgan fingerprint density at radius 3 is 2.75 bits per heavy atom. The molecule has 0 heterocycles. The summed E-state index contributed by atoms with van der Waals surface area (Å²) in [6.45, 7) is 1.07. The molecule has 2 heteroatoms. The van der Waals surface area contributed by atoms with Gasteiger partial charge in [-0.2, -0.15) is 0 Å². The molecule has 16 heavy (non-hydrogen) atoms. The van der Waals surface area contributed by atoms with Gasteiger partial charge in [0.25, 0.3) is 0 Å². The van der Waals surface area contributed by atoms with Crippen LogP contribution in [-0.2, 0) is 6.42 Å². The smallest absolute Gasteiger partial charge is 0.126 e. The van der Waals surface area contributed by atoms with Crippen molar-refractivity contribution in [1.82, 2.24) is 5.32 Å². The molecular formula is C14H20FN. The quantitative estimate of drug-likeness (QED) is 0.824. The molecule has 88 valence electrons. The van der Waals surface area contributed by atoms with Crippen LogP contribution in [0.5, 0.6) is 0 Å². The monoisotopic (exact) mass is 221 g/mol. The summed E-state index contributed by atoms with van der Waals surface area (Å²) in [7, 11) is 2.00. The maximum atomic E-state index is 13.5. The number of rotatable bonds is 4. The molecule has 2 rings (SSSR count). The van der Waals surface area contributed by atoms with Gasteiger partial charge in [-0.15, -0.1) is 0 Å². The highest BCUT2D eigenvalue weighted by Crippen LogP contribution is 2.34. The van der Waals surface area contributed by atoms with Crippen molar-refractivity contribution in [1.29, 1.82) is 0 Å². The highest BCUT2D eigenvalue weighted by atomic mass is 19.1. The third-order valence-corrected chi connectivity index (χ3v) is 3.72. The summed E-state index contributed by atoms with van der Waals surface area (Å²) in [5.41, 5.74) is 0.885. The van der Waals surface area contributed by atoms with Crippen LogP contribution in [-0.4, -0.2) is 13.6 Å². The summed E-state index contributed by atoms with van der Waals surface area (Å²) in [6, 6.07) is 7.18. The van der Waals surface area contributed by atoms with Gasteiger partial charge in [-0.3, -0.25) is 0 Å².